The van der Waals surface area contributed by atoms with E-state index in [1.54, 1.807) is 35.0 Å². The van der Waals surface area contributed by atoms with Crippen molar-refractivity contribution >= 4 is 39.1 Å². The Morgan fingerprint density at radius 1 is 1.21 bits per heavy atom. The largest absolute Gasteiger partial charge is 0.339 e. The maximum atomic E-state index is 12.8. The molecule has 0 unspecified atom stereocenters. The lowest BCUT2D eigenvalue weighted by Crippen LogP contribution is -2.43. The van der Waals surface area contributed by atoms with Gasteiger partial charge in [-0.15, -0.1) is 0 Å². The molecule has 158 valence electrons. The smallest absolute Gasteiger partial charge is 0.243 e. The van der Waals surface area contributed by atoms with Crippen LogP contribution in [0.2, 0.25) is 10.0 Å². The van der Waals surface area contributed by atoms with Crippen molar-refractivity contribution in [1.29, 1.82) is 0 Å². The Bertz CT molecular complexity index is 968. The maximum absolute atomic E-state index is 12.8. The van der Waals surface area contributed by atoms with Gasteiger partial charge in [0, 0.05) is 43.8 Å². The number of aromatic nitrogens is 2. The summed E-state index contributed by atoms with van der Waals surface area (Å²) >= 11 is 12.0. The van der Waals surface area contributed by atoms with Gasteiger partial charge >= 0.3 is 0 Å². The molecule has 1 aromatic heterocycles. The molecule has 1 aromatic carbocycles. The highest BCUT2D eigenvalue weighted by Gasteiger charge is 2.33. The molecule has 0 bridgehead atoms. The van der Waals surface area contributed by atoms with Crippen LogP contribution in [-0.4, -0.2) is 53.4 Å². The normalized spacial score (nSPS) is 16.1. The summed E-state index contributed by atoms with van der Waals surface area (Å²) in [5.74, 6) is -0.237. The zero-order chi connectivity index (χ0) is 21.2. The summed E-state index contributed by atoms with van der Waals surface area (Å²) in [5.41, 5.74) is 0.659. The van der Waals surface area contributed by atoms with Crippen LogP contribution in [0.4, 0.5) is 0 Å². The summed E-state index contributed by atoms with van der Waals surface area (Å²) < 4.78 is 28.7. The van der Waals surface area contributed by atoms with Crippen molar-refractivity contribution in [2.24, 2.45) is 5.92 Å². The SMILES string of the molecule is CCn1cc(Cl)c(CN(C)C(=O)C2CCN(S(=O)(=O)c3ccc(Cl)cc3)CC2)n1. The number of hydrogen-bond donors (Lipinski definition) is 0. The number of nitrogens with zero attached hydrogens (tertiary/aromatic N) is 4. The molecular weight excluding hydrogens is 435 g/mol. The van der Waals surface area contributed by atoms with Gasteiger partial charge in [-0.05, 0) is 44.0 Å². The van der Waals surface area contributed by atoms with Crippen LogP contribution in [0.1, 0.15) is 25.5 Å². The van der Waals surface area contributed by atoms with Gasteiger partial charge in [0.25, 0.3) is 0 Å². The summed E-state index contributed by atoms with van der Waals surface area (Å²) in [6.07, 6.45) is 2.70. The Morgan fingerprint density at radius 3 is 2.38 bits per heavy atom. The molecule has 0 radical (unpaired) electrons. The first kappa shape index (κ1) is 22.1. The average Bonchev–Trinajstić information content (AvgIpc) is 3.07. The molecule has 1 aliphatic heterocycles. The number of carbonyl (C=O) groups excluding carboxylic acids is 1. The Labute approximate surface area is 181 Å². The van der Waals surface area contributed by atoms with Gasteiger partial charge in [0.1, 0.15) is 5.69 Å². The van der Waals surface area contributed by atoms with Crippen molar-refractivity contribution in [3.05, 3.63) is 46.2 Å². The van der Waals surface area contributed by atoms with E-state index < -0.39 is 10.0 Å². The number of sulfonamides is 1. The molecular formula is C19H24Cl2N4O3S. The molecule has 0 N–H and O–H groups in total. The summed E-state index contributed by atoms with van der Waals surface area (Å²) in [6.45, 7) is 3.61. The zero-order valence-corrected chi connectivity index (χ0v) is 18.7. The van der Waals surface area contributed by atoms with E-state index in [9.17, 15) is 13.2 Å². The third-order valence-electron chi connectivity index (χ3n) is 5.13. The van der Waals surface area contributed by atoms with Gasteiger partial charge in [-0.25, -0.2) is 8.42 Å². The first-order chi connectivity index (χ1) is 13.7. The topological polar surface area (TPSA) is 75.5 Å². The number of aryl methyl sites for hydroxylation is 1. The van der Waals surface area contributed by atoms with E-state index in [0.717, 1.165) is 0 Å². The average molecular weight is 459 g/mol. The molecule has 7 nitrogen and oxygen atoms in total. The third-order valence-corrected chi connectivity index (χ3v) is 7.61. The van der Waals surface area contributed by atoms with Gasteiger partial charge in [0.15, 0.2) is 0 Å². The van der Waals surface area contributed by atoms with E-state index in [4.69, 9.17) is 23.2 Å². The van der Waals surface area contributed by atoms with Crippen molar-refractivity contribution in [1.82, 2.24) is 19.0 Å². The van der Waals surface area contributed by atoms with E-state index in [-0.39, 0.29) is 16.7 Å². The van der Waals surface area contributed by atoms with Crippen LogP contribution in [0.5, 0.6) is 0 Å². The van der Waals surface area contributed by atoms with E-state index in [1.165, 1.54) is 16.4 Å². The first-order valence-corrected chi connectivity index (χ1v) is 11.6. The van der Waals surface area contributed by atoms with E-state index >= 15 is 0 Å². The Balaban J connectivity index is 1.60. The van der Waals surface area contributed by atoms with Crippen molar-refractivity contribution in [3.63, 3.8) is 0 Å². The molecule has 3 rings (SSSR count). The van der Waals surface area contributed by atoms with Crippen LogP contribution in [0, 0.1) is 5.92 Å². The zero-order valence-electron chi connectivity index (χ0n) is 16.4. The highest BCUT2D eigenvalue weighted by Crippen LogP contribution is 2.26. The second-order valence-electron chi connectivity index (χ2n) is 7.11. The lowest BCUT2D eigenvalue weighted by Gasteiger charge is -2.32. The van der Waals surface area contributed by atoms with Crippen molar-refractivity contribution < 1.29 is 13.2 Å². The fourth-order valence-electron chi connectivity index (χ4n) is 3.42. The Kier molecular flexibility index (Phi) is 6.88. The first-order valence-electron chi connectivity index (χ1n) is 9.45. The summed E-state index contributed by atoms with van der Waals surface area (Å²) in [5, 5.41) is 5.40. The molecule has 2 heterocycles. The third kappa shape index (κ3) is 4.94. The molecule has 10 heteroatoms. The molecule has 1 amide bonds. The number of amides is 1. The van der Waals surface area contributed by atoms with Crippen LogP contribution < -0.4 is 0 Å². The summed E-state index contributed by atoms with van der Waals surface area (Å²) in [6, 6.07) is 6.12. The summed E-state index contributed by atoms with van der Waals surface area (Å²) in [7, 11) is -1.86. The van der Waals surface area contributed by atoms with Gasteiger partial charge in [-0.2, -0.15) is 9.40 Å². The fraction of sp³-hybridized carbons (Fsp3) is 0.474. The van der Waals surface area contributed by atoms with Crippen LogP contribution in [0.3, 0.4) is 0 Å². The monoisotopic (exact) mass is 458 g/mol. The maximum Gasteiger partial charge on any atom is 0.243 e. The summed E-state index contributed by atoms with van der Waals surface area (Å²) in [4.78, 5) is 14.6. The fourth-order valence-corrected chi connectivity index (χ4v) is 5.23. The van der Waals surface area contributed by atoms with E-state index in [2.05, 4.69) is 5.10 Å². The van der Waals surface area contributed by atoms with E-state index in [0.29, 0.717) is 54.8 Å². The van der Waals surface area contributed by atoms with Crippen LogP contribution >= 0.6 is 23.2 Å². The Hall–Kier alpha value is -1.61. The van der Waals surface area contributed by atoms with Gasteiger partial charge in [0.2, 0.25) is 15.9 Å². The van der Waals surface area contributed by atoms with Gasteiger partial charge in [-0.3, -0.25) is 9.48 Å². The molecule has 29 heavy (non-hydrogen) atoms. The predicted molar refractivity (Wildman–Crippen MR) is 112 cm³/mol. The number of rotatable bonds is 6. The Morgan fingerprint density at radius 2 is 1.83 bits per heavy atom. The number of hydrogen-bond acceptors (Lipinski definition) is 4. The molecule has 2 aromatic rings. The lowest BCUT2D eigenvalue weighted by atomic mass is 9.96. The standard InChI is InChI=1S/C19H24Cl2N4O3S/c1-3-24-12-17(21)18(22-24)13-23(2)19(26)14-8-10-25(11-9-14)29(27,28)16-6-4-15(20)5-7-16/h4-7,12,14H,3,8-11,13H2,1-2H3. The number of carbonyl (C=O) groups is 1. The van der Waals surface area contributed by atoms with Crippen molar-refractivity contribution in [3.8, 4) is 0 Å². The predicted octanol–water partition coefficient (Wildman–Crippen LogP) is 3.27. The minimum atomic E-state index is -3.58. The number of halogens is 2. The number of piperidine rings is 1. The van der Waals surface area contributed by atoms with Gasteiger partial charge in [-0.1, -0.05) is 23.2 Å². The molecule has 0 atom stereocenters. The molecule has 0 aliphatic carbocycles. The minimum Gasteiger partial charge on any atom is -0.339 e. The van der Waals surface area contributed by atoms with Crippen LogP contribution in [0.15, 0.2) is 35.4 Å². The molecule has 1 fully saturated rings. The second kappa shape index (κ2) is 9.04. The van der Waals surface area contributed by atoms with E-state index in [1.807, 2.05) is 6.92 Å². The van der Waals surface area contributed by atoms with Crippen LogP contribution in [-0.2, 0) is 27.9 Å². The lowest BCUT2D eigenvalue weighted by molar-refractivity contribution is -0.136. The highest BCUT2D eigenvalue weighted by atomic mass is 35.5. The highest BCUT2D eigenvalue weighted by molar-refractivity contribution is 7.89. The molecule has 0 saturated carbocycles. The quantitative estimate of drug-likeness (QED) is 0.665. The van der Waals surface area contributed by atoms with Gasteiger partial charge in [0.05, 0.1) is 16.5 Å². The second-order valence-corrected chi connectivity index (χ2v) is 9.89. The van der Waals surface area contributed by atoms with Crippen molar-refractivity contribution in [2.45, 2.75) is 37.8 Å². The number of benzene rings is 1. The molecule has 0 spiro atoms. The minimum absolute atomic E-state index is 0.0179. The van der Waals surface area contributed by atoms with Crippen LogP contribution in [0.25, 0.3) is 0 Å². The molecule has 1 saturated heterocycles. The van der Waals surface area contributed by atoms with Crippen molar-refractivity contribution in [2.75, 3.05) is 20.1 Å². The molecule has 1 aliphatic rings. The van der Waals surface area contributed by atoms with Gasteiger partial charge < -0.3 is 4.90 Å².